The molecule has 0 unspecified atom stereocenters. The molecule has 3 rings (SSSR count). The quantitative estimate of drug-likeness (QED) is 0.447. The average Bonchev–Trinajstić information content (AvgIpc) is 2.70. The van der Waals surface area contributed by atoms with Gasteiger partial charge >= 0.3 is 0 Å². The highest BCUT2D eigenvalue weighted by Gasteiger charge is 2.12. The molecule has 0 saturated carbocycles. The van der Waals surface area contributed by atoms with Crippen LogP contribution in [0.2, 0.25) is 10.0 Å². The van der Waals surface area contributed by atoms with Gasteiger partial charge in [0.2, 0.25) is 0 Å². The van der Waals surface area contributed by atoms with Crippen LogP contribution in [0.5, 0.6) is 11.5 Å². The summed E-state index contributed by atoms with van der Waals surface area (Å²) in [6.07, 6.45) is 0. The maximum absolute atomic E-state index is 6.49. The second kappa shape index (κ2) is 10.4. The summed E-state index contributed by atoms with van der Waals surface area (Å²) >= 11 is 12.5. The Hall–Kier alpha value is -2.20. The molecule has 0 bridgehead atoms. The molecule has 0 spiro atoms. The number of hydrogen-bond acceptors (Lipinski definition) is 3. The molecule has 3 aromatic rings. The molecule has 3 aromatic carbocycles. The van der Waals surface area contributed by atoms with Gasteiger partial charge < -0.3 is 14.8 Å². The van der Waals surface area contributed by atoms with Gasteiger partial charge in [0.05, 0.1) is 6.61 Å². The highest BCUT2D eigenvalue weighted by Crippen LogP contribution is 2.34. The van der Waals surface area contributed by atoms with E-state index in [9.17, 15) is 0 Å². The van der Waals surface area contributed by atoms with E-state index in [1.54, 1.807) is 0 Å². The molecule has 28 heavy (non-hydrogen) atoms. The maximum atomic E-state index is 6.49. The van der Waals surface area contributed by atoms with Crippen molar-refractivity contribution >= 4 is 23.2 Å². The number of benzene rings is 3. The summed E-state index contributed by atoms with van der Waals surface area (Å²) in [7, 11) is 0. The van der Waals surface area contributed by atoms with E-state index in [-0.39, 0.29) is 0 Å². The average molecular weight is 416 g/mol. The zero-order valence-corrected chi connectivity index (χ0v) is 17.3. The number of rotatable bonds is 9. The first-order valence-corrected chi connectivity index (χ1v) is 9.98. The highest BCUT2D eigenvalue weighted by atomic mass is 35.5. The van der Waals surface area contributed by atoms with Crippen LogP contribution in [-0.2, 0) is 19.7 Å². The molecule has 3 nitrogen and oxygen atoms in total. The predicted molar refractivity (Wildman–Crippen MR) is 115 cm³/mol. The Kier molecular flexibility index (Phi) is 7.61. The monoisotopic (exact) mass is 415 g/mol. The topological polar surface area (TPSA) is 30.5 Å². The summed E-state index contributed by atoms with van der Waals surface area (Å²) in [6.45, 7) is 4.30. The van der Waals surface area contributed by atoms with Crippen LogP contribution in [0, 0.1) is 0 Å². The van der Waals surface area contributed by atoms with Crippen molar-refractivity contribution in [2.75, 3.05) is 6.61 Å². The first kappa shape index (κ1) is 20.5. The molecule has 0 aliphatic rings. The molecule has 0 atom stereocenters. The molecule has 5 heteroatoms. The molecule has 1 N–H and O–H groups in total. The zero-order valence-electron chi connectivity index (χ0n) is 15.8. The van der Waals surface area contributed by atoms with Crippen molar-refractivity contribution in [3.63, 3.8) is 0 Å². The van der Waals surface area contributed by atoms with Gasteiger partial charge in [-0.05, 0) is 41.8 Å². The van der Waals surface area contributed by atoms with Crippen LogP contribution in [0.3, 0.4) is 0 Å². The second-order valence-electron chi connectivity index (χ2n) is 6.33. The van der Waals surface area contributed by atoms with Crippen LogP contribution in [-0.4, -0.2) is 6.61 Å². The molecule has 0 heterocycles. The standard InChI is InChI=1S/C23H23Cl2NO2/c1-2-27-22-12-19(15-26-14-17-7-4-3-5-8-17)21(25)13-23(22)28-16-18-9-6-10-20(24)11-18/h3-13,26H,2,14-16H2,1H3. The Bertz CT molecular complexity index is 900. The van der Waals surface area contributed by atoms with E-state index in [1.165, 1.54) is 5.56 Å². The van der Waals surface area contributed by atoms with E-state index < -0.39 is 0 Å². The van der Waals surface area contributed by atoms with E-state index in [1.807, 2.05) is 61.5 Å². The lowest BCUT2D eigenvalue weighted by molar-refractivity contribution is 0.269. The minimum Gasteiger partial charge on any atom is -0.490 e. The summed E-state index contributed by atoms with van der Waals surface area (Å²) < 4.78 is 11.7. The van der Waals surface area contributed by atoms with Crippen LogP contribution < -0.4 is 14.8 Å². The van der Waals surface area contributed by atoms with Gasteiger partial charge in [-0.1, -0.05) is 65.7 Å². The molecule has 0 amide bonds. The first-order valence-electron chi connectivity index (χ1n) is 9.23. The molecule has 0 aromatic heterocycles. The lowest BCUT2D eigenvalue weighted by Crippen LogP contribution is -2.13. The third-order valence-electron chi connectivity index (χ3n) is 4.18. The van der Waals surface area contributed by atoms with Gasteiger partial charge in [-0.3, -0.25) is 0 Å². The number of nitrogens with one attached hydrogen (secondary N) is 1. The summed E-state index contributed by atoms with van der Waals surface area (Å²) in [4.78, 5) is 0. The normalized spacial score (nSPS) is 10.7. The smallest absolute Gasteiger partial charge is 0.163 e. The Morgan fingerprint density at radius 3 is 2.29 bits per heavy atom. The van der Waals surface area contributed by atoms with E-state index in [4.69, 9.17) is 32.7 Å². The molecule has 0 radical (unpaired) electrons. The summed E-state index contributed by atoms with van der Waals surface area (Å²) in [5.74, 6) is 1.31. The first-order chi connectivity index (χ1) is 13.7. The molecule has 0 saturated heterocycles. The van der Waals surface area contributed by atoms with Crippen molar-refractivity contribution in [3.05, 3.63) is 93.5 Å². The molecule has 0 aliphatic carbocycles. The van der Waals surface area contributed by atoms with Crippen molar-refractivity contribution in [1.29, 1.82) is 0 Å². The lowest BCUT2D eigenvalue weighted by atomic mass is 10.1. The second-order valence-corrected chi connectivity index (χ2v) is 7.17. The van der Waals surface area contributed by atoms with Crippen LogP contribution >= 0.6 is 23.2 Å². The van der Waals surface area contributed by atoms with Crippen LogP contribution in [0.25, 0.3) is 0 Å². The van der Waals surface area contributed by atoms with Gasteiger partial charge in [0.1, 0.15) is 6.61 Å². The highest BCUT2D eigenvalue weighted by molar-refractivity contribution is 6.31. The summed E-state index contributed by atoms with van der Waals surface area (Å²) in [5.41, 5.74) is 3.18. The molecule has 146 valence electrons. The van der Waals surface area contributed by atoms with Crippen molar-refractivity contribution in [2.24, 2.45) is 0 Å². The molecule has 0 aliphatic heterocycles. The van der Waals surface area contributed by atoms with Crippen molar-refractivity contribution in [1.82, 2.24) is 5.32 Å². The van der Waals surface area contributed by atoms with Crippen molar-refractivity contribution in [3.8, 4) is 11.5 Å². The number of halogens is 2. The Morgan fingerprint density at radius 2 is 1.54 bits per heavy atom. The van der Waals surface area contributed by atoms with Gasteiger partial charge in [0.25, 0.3) is 0 Å². The predicted octanol–water partition coefficient (Wildman–Crippen LogP) is 6.26. The summed E-state index contributed by atoms with van der Waals surface area (Å²) in [5, 5.41) is 4.74. The fraction of sp³-hybridized carbons (Fsp3) is 0.217. The fourth-order valence-electron chi connectivity index (χ4n) is 2.82. The number of hydrogen-bond donors (Lipinski definition) is 1. The number of ether oxygens (including phenoxy) is 2. The SMILES string of the molecule is CCOc1cc(CNCc2ccccc2)c(Cl)cc1OCc1cccc(Cl)c1. The zero-order chi connectivity index (χ0) is 19.8. The van der Waals surface area contributed by atoms with Crippen LogP contribution in [0.4, 0.5) is 0 Å². The van der Waals surface area contributed by atoms with Gasteiger partial charge in [-0.25, -0.2) is 0 Å². The fourth-order valence-corrected chi connectivity index (χ4v) is 3.25. The molecule has 0 fully saturated rings. The third kappa shape index (κ3) is 5.90. The van der Waals surface area contributed by atoms with Crippen LogP contribution in [0.15, 0.2) is 66.7 Å². The van der Waals surface area contributed by atoms with Crippen LogP contribution in [0.1, 0.15) is 23.6 Å². The van der Waals surface area contributed by atoms with E-state index >= 15 is 0 Å². The van der Waals surface area contributed by atoms with Gasteiger partial charge in [0.15, 0.2) is 11.5 Å². The van der Waals surface area contributed by atoms with E-state index in [2.05, 4.69) is 17.4 Å². The van der Waals surface area contributed by atoms with Crippen molar-refractivity contribution in [2.45, 2.75) is 26.6 Å². The van der Waals surface area contributed by atoms with Gasteiger partial charge in [0, 0.05) is 29.2 Å². The Morgan fingerprint density at radius 1 is 0.786 bits per heavy atom. The lowest BCUT2D eigenvalue weighted by Gasteiger charge is -2.15. The molecular formula is C23H23Cl2NO2. The summed E-state index contributed by atoms with van der Waals surface area (Å²) in [6, 6.07) is 21.6. The minimum absolute atomic E-state index is 0.391. The van der Waals surface area contributed by atoms with Gasteiger partial charge in [-0.15, -0.1) is 0 Å². The Labute approximate surface area is 176 Å². The van der Waals surface area contributed by atoms with Crippen molar-refractivity contribution < 1.29 is 9.47 Å². The molecular weight excluding hydrogens is 393 g/mol. The maximum Gasteiger partial charge on any atom is 0.163 e. The third-order valence-corrected chi connectivity index (χ3v) is 4.77. The van der Waals surface area contributed by atoms with E-state index in [0.29, 0.717) is 41.3 Å². The van der Waals surface area contributed by atoms with Gasteiger partial charge in [-0.2, -0.15) is 0 Å². The Balaban J connectivity index is 1.68. The minimum atomic E-state index is 0.391. The van der Waals surface area contributed by atoms with E-state index in [0.717, 1.165) is 17.7 Å². The largest absolute Gasteiger partial charge is 0.490 e.